The Labute approximate surface area is 183 Å². The van der Waals surface area contributed by atoms with Crippen molar-refractivity contribution in [2.24, 2.45) is 0 Å². The smallest absolute Gasteiger partial charge is 0.127 e. The summed E-state index contributed by atoms with van der Waals surface area (Å²) < 4.78 is 4.04. The zero-order chi connectivity index (χ0) is 20.8. The maximum atomic E-state index is 6.72. The number of halogens is 1. The Morgan fingerprint density at radius 1 is 0.677 bits per heavy atom. The zero-order valence-electron chi connectivity index (χ0n) is 16.7. The molecule has 154 valence electrons. The van der Waals surface area contributed by atoms with E-state index in [0.717, 1.165) is 47.0 Å². The Kier molecular flexibility index (Phi) is 4.35. The molecule has 0 N–H and O–H groups in total. The molecule has 1 aliphatic heterocycles. The number of fused-ring (bicyclic) bond motifs is 2. The molecule has 0 spiro atoms. The van der Waals surface area contributed by atoms with Gasteiger partial charge in [0.05, 0.1) is 21.7 Å². The van der Waals surface area contributed by atoms with Crippen LogP contribution in [0.1, 0.15) is 31.6 Å². The van der Waals surface area contributed by atoms with Crippen molar-refractivity contribution in [3.8, 4) is 0 Å². The van der Waals surface area contributed by atoms with Gasteiger partial charge in [-0.2, -0.15) is 0 Å². The van der Waals surface area contributed by atoms with Crippen molar-refractivity contribution in [2.45, 2.75) is 31.6 Å². The highest BCUT2D eigenvalue weighted by molar-refractivity contribution is 6.33. The summed E-state index contributed by atoms with van der Waals surface area (Å²) in [5, 5.41) is 18.6. The molecule has 1 aliphatic rings. The monoisotopic (exact) mass is 429 g/mol. The molecule has 1 fully saturated rings. The lowest BCUT2D eigenvalue weighted by molar-refractivity contribution is 0.247. The fourth-order valence-corrected chi connectivity index (χ4v) is 4.87. The summed E-state index contributed by atoms with van der Waals surface area (Å²) in [4.78, 5) is 2.33. The van der Waals surface area contributed by atoms with Crippen molar-refractivity contribution in [3.63, 3.8) is 0 Å². The van der Waals surface area contributed by atoms with E-state index in [-0.39, 0.29) is 12.3 Å². The molecule has 0 saturated carbocycles. The summed E-state index contributed by atoms with van der Waals surface area (Å²) in [7, 11) is 0. The van der Waals surface area contributed by atoms with Crippen LogP contribution >= 0.6 is 11.6 Å². The van der Waals surface area contributed by atoms with Gasteiger partial charge in [-0.05, 0) is 55.7 Å². The summed E-state index contributed by atoms with van der Waals surface area (Å²) >= 11 is 6.72. The Hall–Kier alpha value is -3.45. The Bertz CT molecular complexity index is 1290. The molecule has 0 unspecified atom stereocenters. The number of piperidine rings is 1. The molecule has 1 saturated heterocycles. The normalized spacial score (nSPS) is 19.3. The molecule has 7 nitrogen and oxygen atoms in total. The van der Waals surface area contributed by atoms with Gasteiger partial charge in [0.15, 0.2) is 0 Å². The van der Waals surface area contributed by atoms with E-state index in [9.17, 15) is 0 Å². The van der Waals surface area contributed by atoms with Gasteiger partial charge in [0.25, 0.3) is 0 Å². The number of anilines is 1. The molecule has 8 heteroatoms. The predicted octanol–water partition coefficient (Wildman–Crippen LogP) is 5.22. The second-order valence-corrected chi connectivity index (χ2v) is 8.20. The van der Waals surface area contributed by atoms with Crippen LogP contribution in [0.2, 0.25) is 5.02 Å². The zero-order valence-corrected chi connectivity index (χ0v) is 17.5. The number of hydrogen-bond acceptors (Lipinski definition) is 5. The summed E-state index contributed by atoms with van der Waals surface area (Å²) in [5.41, 5.74) is 4.74. The van der Waals surface area contributed by atoms with Crippen LogP contribution in [0.15, 0.2) is 72.8 Å². The van der Waals surface area contributed by atoms with Crippen molar-refractivity contribution in [1.29, 1.82) is 0 Å². The highest BCUT2D eigenvalue weighted by atomic mass is 35.5. The molecule has 2 aromatic heterocycles. The molecule has 31 heavy (non-hydrogen) atoms. The Balaban J connectivity index is 1.55. The van der Waals surface area contributed by atoms with Gasteiger partial charge >= 0.3 is 0 Å². The maximum absolute atomic E-state index is 6.72. The Morgan fingerprint density at radius 2 is 1.19 bits per heavy atom. The van der Waals surface area contributed by atoms with E-state index >= 15 is 0 Å². The fourth-order valence-electron chi connectivity index (χ4n) is 4.64. The number of hydrogen-bond donors (Lipinski definition) is 0. The fraction of sp³-hybridized carbons (Fsp3) is 0.217. The third-order valence-corrected chi connectivity index (χ3v) is 6.34. The van der Waals surface area contributed by atoms with E-state index in [1.807, 2.05) is 64.0 Å². The van der Waals surface area contributed by atoms with Crippen molar-refractivity contribution in [3.05, 3.63) is 77.8 Å². The van der Waals surface area contributed by atoms with E-state index < -0.39 is 0 Å². The highest BCUT2D eigenvalue weighted by Crippen LogP contribution is 2.43. The van der Waals surface area contributed by atoms with Gasteiger partial charge in [0, 0.05) is 0 Å². The van der Waals surface area contributed by atoms with E-state index in [4.69, 9.17) is 11.6 Å². The number of benzene rings is 3. The van der Waals surface area contributed by atoms with Crippen LogP contribution in [0.3, 0.4) is 0 Å². The topological polar surface area (TPSA) is 64.7 Å². The largest absolute Gasteiger partial charge is 0.326 e. The van der Waals surface area contributed by atoms with Crippen molar-refractivity contribution in [1.82, 2.24) is 30.0 Å². The number of aromatic nitrogens is 6. The second-order valence-electron chi connectivity index (χ2n) is 7.80. The van der Waals surface area contributed by atoms with Crippen LogP contribution in [-0.2, 0) is 0 Å². The van der Waals surface area contributed by atoms with Gasteiger partial charge in [-0.25, -0.2) is 9.36 Å². The molecule has 0 amide bonds. The van der Waals surface area contributed by atoms with E-state index in [0.29, 0.717) is 5.02 Å². The molecule has 0 aliphatic carbocycles. The maximum Gasteiger partial charge on any atom is 0.127 e. The lowest BCUT2D eigenvalue weighted by atomic mass is 10.0. The number of nitrogens with zero attached hydrogens (tertiary/aromatic N) is 7. The van der Waals surface area contributed by atoms with Gasteiger partial charge in [0.1, 0.15) is 23.4 Å². The minimum Gasteiger partial charge on any atom is -0.326 e. The lowest BCUT2D eigenvalue weighted by Crippen LogP contribution is -2.43. The van der Waals surface area contributed by atoms with Gasteiger partial charge in [0.2, 0.25) is 0 Å². The third kappa shape index (κ3) is 2.96. The average molecular weight is 430 g/mol. The highest BCUT2D eigenvalue weighted by Gasteiger charge is 2.36. The molecule has 2 atom stereocenters. The minimum absolute atomic E-state index is 0.0472. The molecular formula is C23H20ClN7. The van der Waals surface area contributed by atoms with Gasteiger partial charge < -0.3 is 4.90 Å². The van der Waals surface area contributed by atoms with Crippen molar-refractivity contribution >= 4 is 39.4 Å². The van der Waals surface area contributed by atoms with Gasteiger partial charge in [-0.15, -0.1) is 10.2 Å². The van der Waals surface area contributed by atoms with Crippen LogP contribution < -0.4 is 4.90 Å². The van der Waals surface area contributed by atoms with Crippen LogP contribution in [-0.4, -0.2) is 30.0 Å². The quantitative estimate of drug-likeness (QED) is 0.393. The van der Waals surface area contributed by atoms with Crippen molar-refractivity contribution in [2.75, 3.05) is 4.90 Å². The first-order valence-corrected chi connectivity index (χ1v) is 10.8. The van der Waals surface area contributed by atoms with Gasteiger partial charge in [-0.3, -0.25) is 0 Å². The van der Waals surface area contributed by atoms with E-state index in [1.54, 1.807) is 0 Å². The average Bonchev–Trinajstić information content (AvgIpc) is 3.44. The molecule has 3 heterocycles. The van der Waals surface area contributed by atoms with E-state index in [1.165, 1.54) is 0 Å². The molecule has 6 rings (SSSR count). The van der Waals surface area contributed by atoms with Crippen molar-refractivity contribution < 1.29 is 0 Å². The molecule has 0 radical (unpaired) electrons. The minimum atomic E-state index is -0.0472. The summed E-state index contributed by atoms with van der Waals surface area (Å²) in [6, 6.07) is 24.1. The molecular weight excluding hydrogens is 410 g/mol. The molecule has 0 bridgehead atoms. The number of para-hydroxylation sites is 3. The van der Waals surface area contributed by atoms with Crippen LogP contribution in [0.25, 0.3) is 22.1 Å². The van der Waals surface area contributed by atoms with E-state index in [2.05, 4.69) is 43.7 Å². The first-order chi connectivity index (χ1) is 15.3. The summed E-state index contributed by atoms with van der Waals surface area (Å²) in [5.74, 6) is 0. The predicted molar refractivity (Wildman–Crippen MR) is 121 cm³/mol. The standard InChI is InChI=1S/C23H20ClN7/c24-16-8-1-4-11-19(16)29-22(30-20-12-5-2-9-17(20)25-27-30)14-7-15-23(29)31-21-13-6-3-10-18(21)26-28-31/h1-6,8-13,22-23H,7,14-15H2/t22-,23-/m1/s1. The summed E-state index contributed by atoms with van der Waals surface area (Å²) in [6.07, 6.45) is 2.80. The summed E-state index contributed by atoms with van der Waals surface area (Å²) in [6.45, 7) is 0. The Morgan fingerprint density at radius 3 is 1.77 bits per heavy atom. The van der Waals surface area contributed by atoms with Crippen LogP contribution in [0.4, 0.5) is 5.69 Å². The van der Waals surface area contributed by atoms with Gasteiger partial charge in [-0.1, -0.05) is 58.4 Å². The SMILES string of the molecule is Clc1ccccc1N1[C@H](n2nnc3ccccc32)CCC[C@H]1n1nnc2ccccc21. The number of rotatable bonds is 3. The molecule has 5 aromatic rings. The lowest BCUT2D eigenvalue weighted by Gasteiger charge is -2.43. The van der Waals surface area contributed by atoms with Crippen LogP contribution in [0.5, 0.6) is 0 Å². The van der Waals surface area contributed by atoms with Crippen LogP contribution in [0, 0.1) is 0 Å². The molecule has 3 aromatic carbocycles. The first kappa shape index (κ1) is 18.3. The first-order valence-electron chi connectivity index (χ1n) is 10.4. The second kappa shape index (κ2) is 7.35. The third-order valence-electron chi connectivity index (χ3n) is 6.02.